The van der Waals surface area contributed by atoms with E-state index in [0.717, 1.165) is 25.7 Å². The molecule has 4 heteroatoms. The summed E-state index contributed by atoms with van der Waals surface area (Å²) in [5.41, 5.74) is -0.00244. The van der Waals surface area contributed by atoms with Crippen molar-refractivity contribution in [3.63, 3.8) is 0 Å². The van der Waals surface area contributed by atoms with E-state index in [-0.39, 0.29) is 28.8 Å². The standard InChI is InChI=1S/C20H35NO3/c1-15(2)17(22)23-16-13-18(3,4)21(19(5,6)14-16)24-20(7)11-9-8-10-12-20/h16H,1,8-14H2,2-7H3. The van der Waals surface area contributed by atoms with Crippen molar-refractivity contribution in [1.29, 1.82) is 0 Å². The number of carbonyl (C=O) groups excluding carboxylic acids is 1. The van der Waals surface area contributed by atoms with Gasteiger partial charge >= 0.3 is 5.97 Å². The van der Waals surface area contributed by atoms with E-state index in [0.29, 0.717) is 5.57 Å². The van der Waals surface area contributed by atoms with Gasteiger partial charge in [0.2, 0.25) is 0 Å². The van der Waals surface area contributed by atoms with Crippen molar-refractivity contribution in [3.05, 3.63) is 12.2 Å². The number of ether oxygens (including phenoxy) is 1. The summed E-state index contributed by atoms with van der Waals surface area (Å²) in [6.45, 7) is 16.4. The maximum Gasteiger partial charge on any atom is 0.333 e. The predicted molar refractivity (Wildman–Crippen MR) is 96.5 cm³/mol. The minimum absolute atomic E-state index is 0.0754. The van der Waals surface area contributed by atoms with Crippen LogP contribution in [0.4, 0.5) is 0 Å². The maximum absolute atomic E-state index is 11.9. The molecule has 0 N–H and O–H groups in total. The fraction of sp³-hybridized carbons (Fsp3) is 0.850. The molecule has 0 bridgehead atoms. The number of esters is 1. The summed E-state index contributed by atoms with van der Waals surface area (Å²) >= 11 is 0. The van der Waals surface area contributed by atoms with Crippen LogP contribution in [0.3, 0.4) is 0 Å². The van der Waals surface area contributed by atoms with Crippen molar-refractivity contribution >= 4 is 5.97 Å². The topological polar surface area (TPSA) is 38.8 Å². The summed E-state index contributed by atoms with van der Waals surface area (Å²) in [6, 6.07) is 0. The van der Waals surface area contributed by atoms with Gasteiger partial charge in [0.15, 0.2) is 0 Å². The lowest BCUT2D eigenvalue weighted by molar-refractivity contribution is -0.345. The lowest BCUT2D eigenvalue weighted by atomic mass is 9.79. The molecule has 0 aromatic heterocycles. The normalized spacial score (nSPS) is 26.8. The van der Waals surface area contributed by atoms with Gasteiger partial charge < -0.3 is 4.74 Å². The Hall–Kier alpha value is -0.870. The first-order valence-corrected chi connectivity index (χ1v) is 9.31. The zero-order chi connectivity index (χ0) is 18.2. The summed E-state index contributed by atoms with van der Waals surface area (Å²) in [6.07, 6.45) is 7.46. The fourth-order valence-corrected chi connectivity index (χ4v) is 4.37. The quantitative estimate of drug-likeness (QED) is 0.546. The first kappa shape index (κ1) is 19.5. The molecule has 0 unspecified atom stereocenters. The Morgan fingerprint density at radius 1 is 1.00 bits per heavy atom. The van der Waals surface area contributed by atoms with Gasteiger partial charge in [0.25, 0.3) is 0 Å². The highest BCUT2D eigenvalue weighted by Gasteiger charge is 2.50. The van der Waals surface area contributed by atoms with Crippen LogP contribution in [0.1, 0.15) is 86.5 Å². The van der Waals surface area contributed by atoms with Crippen LogP contribution >= 0.6 is 0 Å². The molecule has 0 radical (unpaired) electrons. The average Bonchev–Trinajstić information content (AvgIpc) is 2.43. The Balaban J connectivity index is 2.13. The Kier molecular flexibility index (Phi) is 5.51. The van der Waals surface area contributed by atoms with E-state index in [1.807, 2.05) is 0 Å². The molecule has 0 aromatic carbocycles. The lowest BCUT2D eigenvalue weighted by Crippen LogP contribution is -2.64. The number of rotatable bonds is 4. The highest BCUT2D eigenvalue weighted by Crippen LogP contribution is 2.43. The van der Waals surface area contributed by atoms with Crippen molar-refractivity contribution in [2.45, 2.75) is 109 Å². The number of hydroxylamine groups is 2. The first-order valence-electron chi connectivity index (χ1n) is 9.31. The van der Waals surface area contributed by atoms with Crippen LogP contribution in [0.25, 0.3) is 0 Å². The van der Waals surface area contributed by atoms with Crippen LogP contribution < -0.4 is 0 Å². The third-order valence-corrected chi connectivity index (χ3v) is 5.40. The van der Waals surface area contributed by atoms with Gasteiger partial charge in [-0.15, -0.1) is 0 Å². The molecular formula is C20H35NO3. The molecule has 24 heavy (non-hydrogen) atoms. The predicted octanol–water partition coefficient (Wildman–Crippen LogP) is 4.78. The van der Waals surface area contributed by atoms with E-state index in [1.54, 1.807) is 6.92 Å². The van der Waals surface area contributed by atoms with Crippen molar-refractivity contribution < 1.29 is 14.4 Å². The van der Waals surface area contributed by atoms with E-state index in [4.69, 9.17) is 9.57 Å². The zero-order valence-corrected chi connectivity index (χ0v) is 16.4. The lowest BCUT2D eigenvalue weighted by Gasteiger charge is -2.56. The molecule has 0 atom stereocenters. The van der Waals surface area contributed by atoms with Gasteiger partial charge in [0.05, 0.1) is 5.60 Å². The number of hydrogen-bond acceptors (Lipinski definition) is 4. The highest BCUT2D eigenvalue weighted by molar-refractivity contribution is 5.87. The van der Waals surface area contributed by atoms with Gasteiger partial charge in [0, 0.05) is 29.5 Å². The fourth-order valence-electron chi connectivity index (χ4n) is 4.37. The van der Waals surface area contributed by atoms with Gasteiger partial charge in [-0.2, -0.15) is 5.06 Å². The molecule has 2 aliphatic rings. The van der Waals surface area contributed by atoms with Crippen LogP contribution in [-0.4, -0.2) is 33.8 Å². The molecule has 1 heterocycles. The van der Waals surface area contributed by atoms with Gasteiger partial charge in [-0.05, 0) is 54.4 Å². The minimum Gasteiger partial charge on any atom is -0.459 e. The van der Waals surface area contributed by atoms with Crippen molar-refractivity contribution in [3.8, 4) is 0 Å². The molecule has 4 nitrogen and oxygen atoms in total. The average molecular weight is 338 g/mol. The molecule has 138 valence electrons. The third-order valence-electron chi connectivity index (χ3n) is 5.40. The summed E-state index contributed by atoms with van der Waals surface area (Å²) in [7, 11) is 0. The molecule has 1 saturated heterocycles. The molecule has 2 fully saturated rings. The van der Waals surface area contributed by atoms with Gasteiger partial charge in [-0.1, -0.05) is 25.8 Å². The van der Waals surface area contributed by atoms with Crippen LogP contribution in [0.15, 0.2) is 12.2 Å². The van der Waals surface area contributed by atoms with Gasteiger partial charge in [-0.25, -0.2) is 4.79 Å². The molecule has 1 aliphatic heterocycles. The maximum atomic E-state index is 11.9. The van der Waals surface area contributed by atoms with Crippen LogP contribution in [0.2, 0.25) is 0 Å². The largest absolute Gasteiger partial charge is 0.459 e. The van der Waals surface area contributed by atoms with Crippen LogP contribution in [-0.2, 0) is 14.4 Å². The second-order valence-electron chi connectivity index (χ2n) is 9.24. The monoisotopic (exact) mass is 337 g/mol. The molecular weight excluding hydrogens is 302 g/mol. The summed E-state index contributed by atoms with van der Waals surface area (Å²) < 4.78 is 5.67. The molecule has 0 spiro atoms. The molecule has 1 saturated carbocycles. The molecule has 1 aliphatic carbocycles. The Morgan fingerprint density at radius 3 is 1.96 bits per heavy atom. The number of carbonyl (C=O) groups is 1. The molecule has 0 amide bonds. The smallest absolute Gasteiger partial charge is 0.333 e. The number of piperidine rings is 1. The number of nitrogens with zero attached hydrogens (tertiary/aromatic N) is 1. The van der Waals surface area contributed by atoms with Crippen molar-refractivity contribution in [1.82, 2.24) is 5.06 Å². The van der Waals surface area contributed by atoms with E-state index < -0.39 is 0 Å². The van der Waals surface area contributed by atoms with E-state index >= 15 is 0 Å². The molecule has 2 rings (SSSR count). The van der Waals surface area contributed by atoms with E-state index in [2.05, 4.69) is 46.3 Å². The Morgan fingerprint density at radius 2 is 1.50 bits per heavy atom. The molecule has 0 aromatic rings. The second kappa shape index (κ2) is 6.80. The van der Waals surface area contributed by atoms with Crippen molar-refractivity contribution in [2.24, 2.45) is 0 Å². The Bertz CT molecular complexity index is 471. The summed E-state index contributed by atoms with van der Waals surface area (Å²) in [4.78, 5) is 18.5. The van der Waals surface area contributed by atoms with E-state index in [1.165, 1.54) is 19.3 Å². The summed E-state index contributed by atoms with van der Waals surface area (Å²) in [5.74, 6) is -0.291. The highest BCUT2D eigenvalue weighted by atomic mass is 16.7. The number of hydrogen-bond donors (Lipinski definition) is 0. The van der Waals surface area contributed by atoms with Crippen LogP contribution in [0.5, 0.6) is 0 Å². The summed E-state index contributed by atoms with van der Waals surface area (Å²) in [5, 5.41) is 2.19. The second-order valence-corrected chi connectivity index (χ2v) is 9.24. The third kappa shape index (κ3) is 4.40. The van der Waals surface area contributed by atoms with E-state index in [9.17, 15) is 4.79 Å². The van der Waals surface area contributed by atoms with Gasteiger partial charge in [-0.3, -0.25) is 4.84 Å². The Labute approximate surface area is 147 Å². The minimum atomic E-state index is -0.291. The first-order chi connectivity index (χ1) is 11.0. The van der Waals surface area contributed by atoms with Gasteiger partial charge in [0.1, 0.15) is 6.10 Å². The SMILES string of the molecule is C=C(C)C(=O)OC1CC(C)(C)N(OC2(C)CCCCC2)C(C)(C)C1. The van der Waals surface area contributed by atoms with Crippen molar-refractivity contribution in [2.75, 3.05) is 0 Å². The zero-order valence-electron chi connectivity index (χ0n) is 16.4. The van der Waals surface area contributed by atoms with Crippen LogP contribution in [0, 0.1) is 0 Å².